The molecule has 0 saturated heterocycles. The van der Waals surface area contributed by atoms with E-state index in [-0.39, 0.29) is 11.5 Å². The Balaban J connectivity index is 2.36. The molecule has 2 rings (SSSR count). The third kappa shape index (κ3) is 2.85. The number of nitrogens with zero attached hydrogens (tertiary/aromatic N) is 1. The van der Waals surface area contributed by atoms with Gasteiger partial charge in [0.05, 0.1) is 11.4 Å². The third-order valence-corrected chi connectivity index (χ3v) is 3.17. The Morgan fingerprint density at radius 3 is 2.68 bits per heavy atom. The van der Waals surface area contributed by atoms with Crippen molar-refractivity contribution in [2.45, 2.75) is 0 Å². The van der Waals surface area contributed by atoms with Crippen molar-refractivity contribution in [2.75, 3.05) is 17.7 Å². The molecule has 0 fully saturated rings. The van der Waals surface area contributed by atoms with E-state index in [1.54, 1.807) is 31.3 Å². The lowest BCUT2D eigenvalue weighted by Crippen LogP contribution is -2.28. The van der Waals surface area contributed by atoms with Crippen LogP contribution < -0.4 is 16.2 Å². The fraction of sp³-hybridized carbons (Fsp3) is 0.0769. The number of halogens is 1. The molecule has 2 aromatic rings. The Morgan fingerprint density at radius 2 is 2.05 bits per heavy atom. The highest BCUT2D eigenvalue weighted by Gasteiger charge is 2.15. The number of nitrogens with one attached hydrogen (secondary N) is 1. The summed E-state index contributed by atoms with van der Waals surface area (Å²) in [5, 5.41) is 0. The molecular formula is C13H12BrN3O2. The summed E-state index contributed by atoms with van der Waals surface area (Å²) in [5.74, 6) is -0.292. The number of H-pyrrole nitrogens is 1. The number of nitrogen functional groups attached to an aromatic ring is 1. The van der Waals surface area contributed by atoms with Gasteiger partial charge in [-0.2, -0.15) is 0 Å². The molecule has 0 unspecified atom stereocenters. The minimum atomic E-state index is -0.317. The zero-order valence-electron chi connectivity index (χ0n) is 10.2. The van der Waals surface area contributed by atoms with Crippen LogP contribution in [0.4, 0.5) is 11.4 Å². The quantitative estimate of drug-likeness (QED) is 0.830. The van der Waals surface area contributed by atoms with Gasteiger partial charge in [0, 0.05) is 29.3 Å². The van der Waals surface area contributed by atoms with Crippen molar-refractivity contribution in [3.05, 3.63) is 56.9 Å². The number of aromatic nitrogens is 1. The first-order valence-corrected chi connectivity index (χ1v) is 6.30. The standard InChI is InChI=1S/C13H12BrN3O2/c1-17(11-3-2-9(14)7-10(11)15)13(19)8-4-5-16-12(18)6-8/h2-7H,15H2,1H3,(H,16,18). The van der Waals surface area contributed by atoms with Crippen molar-refractivity contribution < 1.29 is 4.79 Å². The molecule has 1 amide bonds. The lowest BCUT2D eigenvalue weighted by Gasteiger charge is -2.19. The molecule has 0 spiro atoms. The molecule has 0 radical (unpaired) electrons. The van der Waals surface area contributed by atoms with Gasteiger partial charge >= 0.3 is 0 Å². The Hall–Kier alpha value is -2.08. The monoisotopic (exact) mass is 321 g/mol. The molecule has 5 nitrogen and oxygen atoms in total. The van der Waals surface area contributed by atoms with E-state index in [1.165, 1.54) is 17.2 Å². The van der Waals surface area contributed by atoms with Crippen molar-refractivity contribution in [1.29, 1.82) is 0 Å². The van der Waals surface area contributed by atoms with E-state index in [0.29, 0.717) is 16.9 Å². The van der Waals surface area contributed by atoms with Crippen molar-refractivity contribution in [3.8, 4) is 0 Å². The second-order valence-electron chi connectivity index (χ2n) is 4.01. The number of carbonyl (C=O) groups is 1. The number of nitrogens with two attached hydrogens (primary N) is 1. The number of hydrogen-bond donors (Lipinski definition) is 2. The van der Waals surface area contributed by atoms with Gasteiger partial charge in [-0.15, -0.1) is 0 Å². The second kappa shape index (κ2) is 5.27. The van der Waals surface area contributed by atoms with Gasteiger partial charge in [-0.05, 0) is 24.3 Å². The average molecular weight is 322 g/mol. The van der Waals surface area contributed by atoms with Crippen LogP contribution in [-0.2, 0) is 0 Å². The van der Waals surface area contributed by atoms with Crippen LogP contribution in [0.1, 0.15) is 10.4 Å². The van der Waals surface area contributed by atoms with Crippen LogP contribution in [0.3, 0.4) is 0 Å². The maximum absolute atomic E-state index is 12.2. The Morgan fingerprint density at radius 1 is 1.32 bits per heavy atom. The molecule has 0 aliphatic heterocycles. The molecule has 0 atom stereocenters. The zero-order chi connectivity index (χ0) is 14.0. The molecule has 1 aromatic carbocycles. The summed E-state index contributed by atoms with van der Waals surface area (Å²) in [5.41, 5.74) is 6.95. The summed E-state index contributed by atoms with van der Waals surface area (Å²) in [6.45, 7) is 0. The van der Waals surface area contributed by atoms with E-state index in [4.69, 9.17) is 5.73 Å². The number of anilines is 2. The number of rotatable bonds is 2. The van der Waals surface area contributed by atoms with E-state index in [1.807, 2.05) is 0 Å². The predicted octanol–water partition coefficient (Wildman–Crippen LogP) is 2.00. The average Bonchev–Trinajstić information content (AvgIpc) is 2.37. The van der Waals surface area contributed by atoms with Gasteiger partial charge in [0.2, 0.25) is 5.56 Å². The number of carbonyl (C=O) groups excluding carboxylic acids is 1. The highest BCUT2D eigenvalue weighted by molar-refractivity contribution is 9.10. The number of pyridine rings is 1. The van der Waals surface area contributed by atoms with Gasteiger partial charge in [0.1, 0.15) is 0 Å². The minimum absolute atomic E-state index is 0.292. The van der Waals surface area contributed by atoms with Gasteiger partial charge in [-0.3, -0.25) is 9.59 Å². The summed E-state index contributed by atoms with van der Waals surface area (Å²) >= 11 is 3.31. The molecular weight excluding hydrogens is 310 g/mol. The van der Waals surface area contributed by atoms with Crippen LogP contribution in [-0.4, -0.2) is 17.9 Å². The fourth-order valence-electron chi connectivity index (χ4n) is 1.71. The molecule has 98 valence electrons. The highest BCUT2D eigenvalue weighted by Crippen LogP contribution is 2.26. The van der Waals surface area contributed by atoms with Crippen molar-refractivity contribution in [1.82, 2.24) is 4.98 Å². The van der Waals surface area contributed by atoms with Crippen LogP contribution in [0.5, 0.6) is 0 Å². The number of hydrogen-bond acceptors (Lipinski definition) is 3. The summed E-state index contributed by atoms with van der Waals surface area (Å²) in [7, 11) is 1.61. The van der Waals surface area contributed by atoms with Crippen molar-refractivity contribution >= 4 is 33.2 Å². The Bertz CT molecular complexity index is 682. The molecule has 0 bridgehead atoms. The topological polar surface area (TPSA) is 79.2 Å². The van der Waals surface area contributed by atoms with Crippen LogP contribution in [0.15, 0.2) is 45.8 Å². The molecule has 1 aromatic heterocycles. The van der Waals surface area contributed by atoms with Gasteiger partial charge in [0.25, 0.3) is 5.91 Å². The maximum atomic E-state index is 12.2. The number of aromatic amines is 1. The normalized spacial score (nSPS) is 10.2. The maximum Gasteiger partial charge on any atom is 0.258 e. The third-order valence-electron chi connectivity index (χ3n) is 2.68. The number of benzene rings is 1. The smallest absolute Gasteiger partial charge is 0.258 e. The lowest BCUT2D eigenvalue weighted by molar-refractivity contribution is 0.0993. The predicted molar refractivity (Wildman–Crippen MR) is 78.4 cm³/mol. The number of amides is 1. The van der Waals surface area contributed by atoms with E-state index in [2.05, 4.69) is 20.9 Å². The van der Waals surface area contributed by atoms with Gasteiger partial charge < -0.3 is 15.6 Å². The van der Waals surface area contributed by atoms with Gasteiger partial charge in [-0.1, -0.05) is 15.9 Å². The first kappa shape index (κ1) is 13.4. The molecule has 0 saturated carbocycles. The van der Waals surface area contributed by atoms with Crippen LogP contribution in [0.25, 0.3) is 0 Å². The first-order chi connectivity index (χ1) is 8.99. The molecule has 0 aliphatic carbocycles. The largest absolute Gasteiger partial charge is 0.397 e. The first-order valence-electron chi connectivity index (χ1n) is 5.51. The van der Waals surface area contributed by atoms with Gasteiger partial charge in [0.15, 0.2) is 0 Å². The molecule has 0 aliphatic rings. The zero-order valence-corrected chi connectivity index (χ0v) is 11.8. The highest BCUT2D eigenvalue weighted by atomic mass is 79.9. The second-order valence-corrected chi connectivity index (χ2v) is 4.92. The van der Waals surface area contributed by atoms with E-state index >= 15 is 0 Å². The molecule has 1 heterocycles. The van der Waals surface area contributed by atoms with E-state index in [9.17, 15) is 9.59 Å². The van der Waals surface area contributed by atoms with E-state index < -0.39 is 0 Å². The summed E-state index contributed by atoms with van der Waals surface area (Å²) in [6, 6.07) is 8.07. The molecule has 6 heteroatoms. The van der Waals surface area contributed by atoms with Crippen LogP contribution in [0.2, 0.25) is 0 Å². The molecule has 19 heavy (non-hydrogen) atoms. The van der Waals surface area contributed by atoms with Gasteiger partial charge in [-0.25, -0.2) is 0 Å². The van der Waals surface area contributed by atoms with Crippen molar-refractivity contribution in [2.24, 2.45) is 0 Å². The van der Waals surface area contributed by atoms with E-state index in [0.717, 1.165) is 4.47 Å². The minimum Gasteiger partial charge on any atom is -0.397 e. The summed E-state index contributed by atoms with van der Waals surface area (Å²) in [6.07, 6.45) is 1.44. The van der Waals surface area contributed by atoms with Crippen molar-refractivity contribution in [3.63, 3.8) is 0 Å². The Kier molecular flexibility index (Phi) is 3.71. The van der Waals surface area contributed by atoms with Crippen LogP contribution >= 0.6 is 15.9 Å². The van der Waals surface area contributed by atoms with Crippen LogP contribution in [0, 0.1) is 0 Å². The molecule has 3 N–H and O–H groups in total. The Labute approximate surface area is 118 Å². The summed E-state index contributed by atoms with van der Waals surface area (Å²) in [4.78, 5) is 27.3. The summed E-state index contributed by atoms with van der Waals surface area (Å²) < 4.78 is 0.839. The fourth-order valence-corrected chi connectivity index (χ4v) is 2.09. The lowest BCUT2D eigenvalue weighted by atomic mass is 10.2. The SMILES string of the molecule is CN(C(=O)c1cc[nH]c(=O)c1)c1ccc(Br)cc1N.